The van der Waals surface area contributed by atoms with Crippen LogP contribution >= 0.6 is 0 Å². The number of pyridine rings is 1. The van der Waals surface area contributed by atoms with E-state index in [0.717, 1.165) is 53.9 Å². The van der Waals surface area contributed by atoms with E-state index < -0.39 is 15.6 Å². The molecule has 1 saturated heterocycles. The highest BCUT2D eigenvalue weighted by Gasteiger charge is 2.42. The molecule has 3 aromatic rings. The Labute approximate surface area is 189 Å². The number of aromatic amines is 1. The van der Waals surface area contributed by atoms with E-state index in [-0.39, 0.29) is 5.92 Å². The molecule has 2 aliphatic heterocycles. The topological polar surface area (TPSA) is 95.1 Å². The summed E-state index contributed by atoms with van der Waals surface area (Å²) < 4.78 is 26.2. The van der Waals surface area contributed by atoms with Crippen LogP contribution in [0.15, 0.2) is 30.9 Å². The van der Waals surface area contributed by atoms with Crippen LogP contribution in [0.1, 0.15) is 56.5 Å². The highest BCUT2D eigenvalue weighted by atomic mass is 32.2. The first-order valence-electron chi connectivity index (χ1n) is 11.1. The summed E-state index contributed by atoms with van der Waals surface area (Å²) >= 11 is 0. The van der Waals surface area contributed by atoms with E-state index in [1.54, 1.807) is 10.6 Å². The van der Waals surface area contributed by atoms with Crippen LogP contribution in [0, 0.1) is 0 Å². The molecule has 1 fully saturated rings. The van der Waals surface area contributed by atoms with Crippen LogP contribution in [-0.4, -0.2) is 57.0 Å². The molecule has 170 valence electrons. The van der Waals surface area contributed by atoms with Crippen molar-refractivity contribution in [3.8, 4) is 0 Å². The molecule has 0 bridgehead atoms. The van der Waals surface area contributed by atoms with E-state index >= 15 is 0 Å². The van der Waals surface area contributed by atoms with Crippen molar-refractivity contribution in [3.63, 3.8) is 0 Å². The summed E-state index contributed by atoms with van der Waals surface area (Å²) in [7, 11) is -3.24. The number of H-pyrrole nitrogens is 1. The Kier molecular flexibility index (Phi) is 5.01. The summed E-state index contributed by atoms with van der Waals surface area (Å²) in [5.41, 5.74) is 4.99. The van der Waals surface area contributed by atoms with E-state index in [0.29, 0.717) is 12.6 Å². The van der Waals surface area contributed by atoms with E-state index in [2.05, 4.69) is 38.9 Å². The van der Waals surface area contributed by atoms with Gasteiger partial charge in [0.15, 0.2) is 0 Å². The maximum absolute atomic E-state index is 12.3. The van der Waals surface area contributed by atoms with Gasteiger partial charge in [-0.3, -0.25) is 0 Å². The number of nitrogens with one attached hydrogen (secondary N) is 1. The fraction of sp³-hybridized carbons (Fsp3) is 0.522. The molecule has 5 heterocycles. The van der Waals surface area contributed by atoms with E-state index in [4.69, 9.17) is 4.98 Å². The molecule has 5 rings (SSSR count). The van der Waals surface area contributed by atoms with Gasteiger partial charge >= 0.3 is 0 Å². The minimum Gasteiger partial charge on any atom is -0.363 e. The van der Waals surface area contributed by atoms with E-state index in [9.17, 15) is 8.42 Å². The largest absolute Gasteiger partial charge is 0.363 e. The first-order chi connectivity index (χ1) is 15.1. The standard InChI is InChI=1S/C23H30N6O2S/c1-15-11-19-18(13-28(15)20-6-9-25-22-17(20)5-8-24-22)21(27-14-26-19)16-7-10-29(32(4,30)31)23(2,3)12-16/h5-6,8-9,14-16H,7,10-13H2,1-4H3,(H,24,25). The molecule has 0 radical (unpaired) electrons. The summed E-state index contributed by atoms with van der Waals surface area (Å²) in [4.78, 5) is 19.4. The van der Waals surface area contributed by atoms with Crippen LogP contribution in [0.2, 0.25) is 0 Å². The molecule has 2 atom stereocenters. The van der Waals surface area contributed by atoms with Crippen LogP contribution < -0.4 is 4.90 Å². The van der Waals surface area contributed by atoms with Gasteiger partial charge in [-0.25, -0.2) is 23.4 Å². The van der Waals surface area contributed by atoms with Crippen molar-refractivity contribution in [2.45, 2.75) is 64.1 Å². The van der Waals surface area contributed by atoms with Gasteiger partial charge in [-0.2, -0.15) is 4.31 Å². The molecule has 32 heavy (non-hydrogen) atoms. The lowest BCUT2D eigenvalue weighted by Crippen LogP contribution is -2.52. The number of hydrogen-bond donors (Lipinski definition) is 1. The Morgan fingerprint density at radius 3 is 2.75 bits per heavy atom. The van der Waals surface area contributed by atoms with Crippen LogP contribution in [0.25, 0.3) is 11.0 Å². The van der Waals surface area contributed by atoms with Crippen molar-refractivity contribution < 1.29 is 8.42 Å². The number of nitrogens with zero attached hydrogens (tertiary/aromatic N) is 5. The SMILES string of the molecule is CC1Cc2ncnc(C3CCN(S(C)(=O)=O)C(C)(C)C3)c2CN1c1ccnc2[nH]ccc12. The molecule has 2 unspecified atom stereocenters. The lowest BCUT2D eigenvalue weighted by Gasteiger charge is -2.44. The molecule has 9 heteroatoms. The molecule has 0 saturated carbocycles. The van der Waals surface area contributed by atoms with Gasteiger partial charge in [-0.05, 0) is 45.7 Å². The second-order valence-electron chi connectivity index (χ2n) is 9.77. The van der Waals surface area contributed by atoms with Crippen LogP contribution in [0.3, 0.4) is 0 Å². The monoisotopic (exact) mass is 454 g/mol. The number of sulfonamides is 1. The fourth-order valence-electron chi connectivity index (χ4n) is 5.63. The van der Waals surface area contributed by atoms with Crippen LogP contribution in [0.4, 0.5) is 5.69 Å². The molecule has 8 nitrogen and oxygen atoms in total. The highest BCUT2D eigenvalue weighted by molar-refractivity contribution is 7.88. The molecule has 2 aliphatic rings. The number of hydrogen-bond acceptors (Lipinski definition) is 6. The third-order valence-corrected chi connectivity index (χ3v) is 8.53. The third-order valence-electron chi connectivity index (χ3n) is 7.05. The quantitative estimate of drug-likeness (QED) is 0.653. The maximum Gasteiger partial charge on any atom is 0.211 e. The predicted molar refractivity (Wildman–Crippen MR) is 125 cm³/mol. The zero-order valence-electron chi connectivity index (χ0n) is 19.0. The molecule has 0 aromatic carbocycles. The number of piperidine rings is 1. The Morgan fingerprint density at radius 2 is 2.00 bits per heavy atom. The van der Waals surface area contributed by atoms with Crippen LogP contribution in [0.5, 0.6) is 0 Å². The second kappa shape index (κ2) is 7.52. The van der Waals surface area contributed by atoms with Gasteiger partial charge in [0.25, 0.3) is 0 Å². The zero-order valence-corrected chi connectivity index (χ0v) is 19.9. The summed E-state index contributed by atoms with van der Waals surface area (Å²) in [5, 5.41) is 1.11. The minimum atomic E-state index is -3.24. The van der Waals surface area contributed by atoms with Gasteiger partial charge in [-0.1, -0.05) is 0 Å². The van der Waals surface area contributed by atoms with Gasteiger partial charge in [0.1, 0.15) is 12.0 Å². The van der Waals surface area contributed by atoms with Gasteiger partial charge in [-0.15, -0.1) is 0 Å². The van der Waals surface area contributed by atoms with Crippen LogP contribution in [-0.2, 0) is 23.0 Å². The second-order valence-corrected chi connectivity index (χ2v) is 11.7. The number of fused-ring (bicyclic) bond motifs is 2. The first kappa shape index (κ1) is 21.3. The highest BCUT2D eigenvalue weighted by Crippen LogP contribution is 2.41. The lowest BCUT2D eigenvalue weighted by molar-refractivity contribution is 0.152. The fourth-order valence-corrected chi connectivity index (χ4v) is 7.04. The Morgan fingerprint density at radius 1 is 1.19 bits per heavy atom. The Hall–Kier alpha value is -2.52. The third kappa shape index (κ3) is 3.57. The summed E-state index contributed by atoms with van der Waals surface area (Å²) in [6.45, 7) is 7.52. The van der Waals surface area contributed by atoms with Gasteiger partial charge in [0.05, 0.1) is 17.6 Å². The molecule has 0 amide bonds. The number of anilines is 1. The van der Waals surface area contributed by atoms with E-state index in [1.807, 2.05) is 26.2 Å². The summed E-state index contributed by atoms with van der Waals surface area (Å²) in [6.07, 6.45) is 9.13. The minimum absolute atomic E-state index is 0.208. The zero-order chi connectivity index (χ0) is 22.7. The molecule has 1 N–H and O–H groups in total. The van der Waals surface area contributed by atoms with Crippen molar-refractivity contribution in [3.05, 3.63) is 47.8 Å². The normalized spacial score (nSPS) is 23.9. The van der Waals surface area contributed by atoms with Crippen molar-refractivity contribution in [1.82, 2.24) is 24.2 Å². The molecule has 3 aromatic heterocycles. The molecule has 0 aliphatic carbocycles. The number of rotatable bonds is 3. The number of aromatic nitrogens is 4. The Balaban J connectivity index is 1.50. The average molecular weight is 455 g/mol. The molecule has 0 spiro atoms. The van der Waals surface area contributed by atoms with E-state index in [1.165, 1.54) is 11.8 Å². The van der Waals surface area contributed by atoms with Gasteiger partial charge in [0.2, 0.25) is 10.0 Å². The van der Waals surface area contributed by atoms with Gasteiger partial charge in [0, 0.05) is 66.0 Å². The van der Waals surface area contributed by atoms with Crippen molar-refractivity contribution in [2.75, 3.05) is 17.7 Å². The molecular formula is C23H30N6O2S. The maximum atomic E-state index is 12.3. The first-order valence-corrected chi connectivity index (χ1v) is 13.0. The van der Waals surface area contributed by atoms with Crippen molar-refractivity contribution in [1.29, 1.82) is 0 Å². The summed E-state index contributed by atoms with van der Waals surface area (Å²) in [5.74, 6) is 0.208. The summed E-state index contributed by atoms with van der Waals surface area (Å²) in [6, 6.07) is 4.45. The van der Waals surface area contributed by atoms with Crippen molar-refractivity contribution in [2.24, 2.45) is 0 Å². The Bertz CT molecular complexity index is 1270. The van der Waals surface area contributed by atoms with Gasteiger partial charge < -0.3 is 9.88 Å². The molecular weight excluding hydrogens is 424 g/mol. The smallest absolute Gasteiger partial charge is 0.211 e. The van der Waals surface area contributed by atoms with Crippen molar-refractivity contribution >= 4 is 26.7 Å². The lowest BCUT2D eigenvalue weighted by atomic mass is 9.80. The average Bonchev–Trinajstić information content (AvgIpc) is 3.20. The predicted octanol–water partition coefficient (Wildman–Crippen LogP) is 3.22.